The Hall–Kier alpha value is -3.53. The zero-order chi connectivity index (χ0) is 19.5. The second-order valence-electron chi connectivity index (χ2n) is 6.74. The molecular formula is C24H21N3O. The van der Waals surface area contributed by atoms with Crippen molar-refractivity contribution in [3.05, 3.63) is 89.6 Å². The second kappa shape index (κ2) is 7.61. The Morgan fingerprint density at radius 3 is 2.46 bits per heavy atom. The first-order valence-corrected chi connectivity index (χ1v) is 9.38. The molecule has 0 aliphatic rings. The number of amides is 1. The minimum absolute atomic E-state index is 0.192. The van der Waals surface area contributed by atoms with Gasteiger partial charge in [-0.2, -0.15) is 0 Å². The lowest BCUT2D eigenvalue weighted by Crippen LogP contribution is -2.14. The summed E-state index contributed by atoms with van der Waals surface area (Å²) in [4.78, 5) is 22.2. The average molecular weight is 367 g/mol. The smallest absolute Gasteiger partial charge is 0.257 e. The first-order chi connectivity index (χ1) is 13.6. The Balaban J connectivity index is 1.78. The molecule has 28 heavy (non-hydrogen) atoms. The van der Waals surface area contributed by atoms with E-state index in [4.69, 9.17) is 4.98 Å². The molecule has 0 fully saturated rings. The molecule has 2 aromatic carbocycles. The molecule has 0 radical (unpaired) electrons. The Bertz CT molecular complexity index is 1150. The van der Waals surface area contributed by atoms with Gasteiger partial charge in [-0.05, 0) is 43.2 Å². The predicted octanol–water partition coefficient (Wildman–Crippen LogP) is 5.42. The lowest BCUT2D eigenvalue weighted by atomic mass is 10.0. The first-order valence-electron chi connectivity index (χ1n) is 9.38. The number of carbonyl (C=O) groups is 1. The summed E-state index contributed by atoms with van der Waals surface area (Å²) in [5, 5.41) is 3.73. The van der Waals surface area contributed by atoms with Crippen molar-refractivity contribution in [1.29, 1.82) is 0 Å². The molecule has 0 unspecified atom stereocenters. The Labute approximate surface area is 164 Å². The summed E-state index contributed by atoms with van der Waals surface area (Å²) in [6.07, 6.45) is 0.989. The minimum Gasteiger partial charge on any atom is -0.307 e. The molecule has 4 nitrogen and oxygen atoms in total. The molecule has 4 aromatic rings. The number of benzene rings is 2. The number of carbonyl (C=O) groups excluding carboxylic acids is 1. The van der Waals surface area contributed by atoms with Crippen LogP contribution >= 0.6 is 0 Å². The quantitative estimate of drug-likeness (QED) is 0.524. The number of pyridine rings is 2. The largest absolute Gasteiger partial charge is 0.307 e. The van der Waals surface area contributed by atoms with Crippen molar-refractivity contribution < 1.29 is 4.79 Å². The number of fused-ring (bicyclic) bond motifs is 1. The molecule has 0 bridgehead atoms. The maximum atomic E-state index is 13.0. The fourth-order valence-electron chi connectivity index (χ4n) is 3.22. The van der Waals surface area contributed by atoms with Crippen LogP contribution < -0.4 is 5.32 Å². The average Bonchev–Trinajstić information content (AvgIpc) is 2.73. The number of nitrogens with zero attached hydrogens (tertiary/aromatic N) is 2. The number of anilines is 1. The van der Waals surface area contributed by atoms with E-state index in [1.54, 1.807) is 6.07 Å². The van der Waals surface area contributed by atoms with Crippen LogP contribution in [0.15, 0.2) is 72.8 Å². The van der Waals surface area contributed by atoms with Crippen LogP contribution in [0, 0.1) is 6.92 Å². The van der Waals surface area contributed by atoms with E-state index in [1.165, 1.54) is 5.56 Å². The highest BCUT2D eigenvalue weighted by Gasteiger charge is 2.14. The maximum absolute atomic E-state index is 13.0. The van der Waals surface area contributed by atoms with E-state index in [-0.39, 0.29) is 5.91 Å². The number of para-hydroxylation sites is 1. The molecule has 0 aliphatic heterocycles. The zero-order valence-electron chi connectivity index (χ0n) is 15.9. The van der Waals surface area contributed by atoms with E-state index in [0.29, 0.717) is 11.4 Å². The number of rotatable bonds is 4. The molecule has 1 amide bonds. The third-order valence-electron chi connectivity index (χ3n) is 4.75. The van der Waals surface area contributed by atoms with Crippen LogP contribution in [0.25, 0.3) is 22.2 Å². The highest BCUT2D eigenvalue weighted by atomic mass is 16.1. The van der Waals surface area contributed by atoms with Gasteiger partial charge in [0, 0.05) is 16.6 Å². The SMILES string of the molecule is CCc1ccc(-c2cc(C(=O)Nc3cccc(C)n3)c3ccccc3n2)cc1. The van der Waals surface area contributed by atoms with Gasteiger partial charge in [-0.3, -0.25) is 4.79 Å². The van der Waals surface area contributed by atoms with E-state index in [9.17, 15) is 4.79 Å². The summed E-state index contributed by atoms with van der Waals surface area (Å²) in [5.41, 5.74) is 5.28. The van der Waals surface area contributed by atoms with Crippen LogP contribution in [-0.2, 0) is 6.42 Å². The van der Waals surface area contributed by atoms with Crippen molar-refractivity contribution in [3.63, 3.8) is 0 Å². The van der Waals surface area contributed by atoms with E-state index in [2.05, 4.69) is 41.5 Å². The highest BCUT2D eigenvalue weighted by Crippen LogP contribution is 2.26. The molecule has 2 heterocycles. The number of hydrogen-bond acceptors (Lipinski definition) is 3. The number of hydrogen-bond donors (Lipinski definition) is 1. The van der Waals surface area contributed by atoms with Gasteiger partial charge in [0.2, 0.25) is 0 Å². The maximum Gasteiger partial charge on any atom is 0.257 e. The monoisotopic (exact) mass is 367 g/mol. The minimum atomic E-state index is -0.192. The van der Waals surface area contributed by atoms with Crippen LogP contribution in [0.2, 0.25) is 0 Å². The van der Waals surface area contributed by atoms with Gasteiger partial charge in [-0.25, -0.2) is 9.97 Å². The highest BCUT2D eigenvalue weighted by molar-refractivity contribution is 6.12. The summed E-state index contributed by atoms with van der Waals surface area (Å²) < 4.78 is 0. The topological polar surface area (TPSA) is 54.9 Å². The van der Waals surface area contributed by atoms with Crippen molar-refractivity contribution in [3.8, 4) is 11.3 Å². The Morgan fingerprint density at radius 2 is 1.71 bits per heavy atom. The van der Waals surface area contributed by atoms with Crippen LogP contribution in [-0.4, -0.2) is 15.9 Å². The predicted molar refractivity (Wildman–Crippen MR) is 113 cm³/mol. The van der Waals surface area contributed by atoms with Gasteiger partial charge in [0.15, 0.2) is 0 Å². The molecule has 2 aromatic heterocycles. The van der Waals surface area contributed by atoms with Crippen molar-refractivity contribution in [2.75, 3.05) is 5.32 Å². The van der Waals surface area contributed by atoms with Gasteiger partial charge in [0.05, 0.1) is 16.8 Å². The molecule has 0 atom stereocenters. The fraction of sp³-hybridized carbons (Fsp3) is 0.125. The van der Waals surface area contributed by atoms with Crippen molar-refractivity contribution in [1.82, 2.24) is 9.97 Å². The van der Waals surface area contributed by atoms with Crippen LogP contribution in [0.1, 0.15) is 28.5 Å². The third kappa shape index (κ3) is 3.62. The van der Waals surface area contributed by atoms with Crippen molar-refractivity contribution >= 4 is 22.6 Å². The molecule has 0 saturated heterocycles. The third-order valence-corrected chi connectivity index (χ3v) is 4.75. The van der Waals surface area contributed by atoms with Gasteiger partial charge >= 0.3 is 0 Å². The normalized spacial score (nSPS) is 10.8. The molecule has 4 heteroatoms. The first kappa shape index (κ1) is 17.9. The van der Waals surface area contributed by atoms with Crippen molar-refractivity contribution in [2.24, 2.45) is 0 Å². The Morgan fingerprint density at radius 1 is 0.929 bits per heavy atom. The lowest BCUT2D eigenvalue weighted by molar-refractivity contribution is 0.102. The summed E-state index contributed by atoms with van der Waals surface area (Å²) in [5.74, 6) is 0.350. The van der Waals surface area contributed by atoms with E-state index in [0.717, 1.165) is 34.3 Å². The van der Waals surface area contributed by atoms with Crippen LogP contribution in [0.5, 0.6) is 0 Å². The zero-order valence-corrected chi connectivity index (χ0v) is 15.9. The fourth-order valence-corrected chi connectivity index (χ4v) is 3.22. The molecule has 1 N–H and O–H groups in total. The Kier molecular flexibility index (Phi) is 4.85. The van der Waals surface area contributed by atoms with Gasteiger partial charge in [0.25, 0.3) is 5.91 Å². The van der Waals surface area contributed by atoms with Crippen LogP contribution in [0.3, 0.4) is 0 Å². The summed E-state index contributed by atoms with van der Waals surface area (Å²) >= 11 is 0. The summed E-state index contributed by atoms with van der Waals surface area (Å²) in [6, 6.07) is 23.4. The van der Waals surface area contributed by atoms with Gasteiger partial charge in [0.1, 0.15) is 5.82 Å². The number of aryl methyl sites for hydroxylation is 2. The van der Waals surface area contributed by atoms with Gasteiger partial charge in [-0.15, -0.1) is 0 Å². The second-order valence-corrected chi connectivity index (χ2v) is 6.74. The molecular weight excluding hydrogens is 346 g/mol. The molecule has 0 saturated carbocycles. The van der Waals surface area contributed by atoms with Gasteiger partial charge < -0.3 is 5.32 Å². The summed E-state index contributed by atoms with van der Waals surface area (Å²) in [6.45, 7) is 4.03. The standard InChI is InChI=1S/C24H21N3O/c1-3-17-11-13-18(14-12-17)22-15-20(19-8-4-5-9-21(19)26-22)24(28)27-23-10-6-7-16(2)25-23/h4-15H,3H2,1-2H3,(H,25,27,28). The van der Waals surface area contributed by atoms with E-state index in [1.807, 2.05) is 49.4 Å². The summed E-state index contributed by atoms with van der Waals surface area (Å²) in [7, 11) is 0. The van der Waals surface area contributed by atoms with Crippen LogP contribution in [0.4, 0.5) is 5.82 Å². The molecule has 4 rings (SSSR count). The van der Waals surface area contributed by atoms with Crippen molar-refractivity contribution in [2.45, 2.75) is 20.3 Å². The molecule has 0 spiro atoms. The van der Waals surface area contributed by atoms with E-state index >= 15 is 0 Å². The number of nitrogens with one attached hydrogen (secondary N) is 1. The molecule has 0 aliphatic carbocycles. The van der Waals surface area contributed by atoms with E-state index < -0.39 is 0 Å². The van der Waals surface area contributed by atoms with Gasteiger partial charge in [-0.1, -0.05) is 55.5 Å². The lowest BCUT2D eigenvalue weighted by Gasteiger charge is -2.11. The molecule has 138 valence electrons. The number of aromatic nitrogens is 2.